The molecule has 2 fully saturated rings. The zero-order chi connectivity index (χ0) is 14.8. The molecule has 1 N–H and O–H groups in total. The number of hydrogen-bond acceptors (Lipinski definition) is 3. The SMILES string of the molecule is CC1CCN(C(=O)C(C)N2CCCC(C)(CO)C2)CC1. The lowest BCUT2D eigenvalue weighted by Crippen LogP contribution is -2.54. The van der Waals surface area contributed by atoms with Crippen LogP contribution in [-0.4, -0.2) is 59.6 Å². The Morgan fingerprint density at radius 1 is 1.35 bits per heavy atom. The second kappa shape index (κ2) is 6.44. The van der Waals surface area contributed by atoms with E-state index in [4.69, 9.17) is 0 Å². The van der Waals surface area contributed by atoms with Gasteiger partial charge >= 0.3 is 0 Å². The van der Waals surface area contributed by atoms with E-state index in [1.165, 1.54) is 0 Å². The van der Waals surface area contributed by atoms with Gasteiger partial charge in [-0.2, -0.15) is 0 Å². The third-order valence-corrected chi connectivity index (χ3v) is 5.19. The summed E-state index contributed by atoms with van der Waals surface area (Å²) < 4.78 is 0. The van der Waals surface area contributed by atoms with Gasteiger partial charge in [0.1, 0.15) is 0 Å². The van der Waals surface area contributed by atoms with Gasteiger partial charge in [0, 0.05) is 31.7 Å². The van der Waals surface area contributed by atoms with Crippen LogP contribution in [0.5, 0.6) is 0 Å². The van der Waals surface area contributed by atoms with Crippen LogP contribution < -0.4 is 0 Å². The Labute approximate surface area is 123 Å². The van der Waals surface area contributed by atoms with Gasteiger partial charge in [-0.05, 0) is 45.1 Å². The third-order valence-electron chi connectivity index (χ3n) is 5.19. The summed E-state index contributed by atoms with van der Waals surface area (Å²) in [6.07, 6.45) is 4.40. The molecule has 0 aromatic carbocycles. The predicted molar refractivity (Wildman–Crippen MR) is 80.4 cm³/mol. The number of rotatable bonds is 3. The highest BCUT2D eigenvalue weighted by atomic mass is 16.3. The van der Waals surface area contributed by atoms with Crippen molar-refractivity contribution in [2.24, 2.45) is 11.3 Å². The molecule has 4 nitrogen and oxygen atoms in total. The predicted octanol–water partition coefficient (Wildman–Crippen LogP) is 1.73. The van der Waals surface area contributed by atoms with Gasteiger partial charge in [-0.1, -0.05) is 13.8 Å². The first-order chi connectivity index (χ1) is 9.45. The Hall–Kier alpha value is -0.610. The number of aliphatic hydroxyl groups excluding tert-OH is 1. The van der Waals surface area contributed by atoms with Gasteiger partial charge in [0.2, 0.25) is 5.91 Å². The van der Waals surface area contributed by atoms with Crippen LogP contribution in [0.3, 0.4) is 0 Å². The molecular formula is C16H30N2O2. The van der Waals surface area contributed by atoms with E-state index in [-0.39, 0.29) is 24.0 Å². The minimum Gasteiger partial charge on any atom is -0.396 e. The second-order valence-electron chi connectivity index (χ2n) is 7.23. The summed E-state index contributed by atoms with van der Waals surface area (Å²) in [4.78, 5) is 16.9. The minimum absolute atomic E-state index is 0.0385. The lowest BCUT2D eigenvalue weighted by Gasteiger charge is -2.43. The van der Waals surface area contributed by atoms with Crippen LogP contribution in [0.15, 0.2) is 0 Å². The summed E-state index contributed by atoms with van der Waals surface area (Å²) in [5.74, 6) is 1.03. The molecule has 2 rings (SSSR count). The molecule has 116 valence electrons. The number of likely N-dealkylation sites (tertiary alicyclic amines) is 2. The van der Waals surface area contributed by atoms with Crippen LogP contribution in [-0.2, 0) is 4.79 Å². The van der Waals surface area contributed by atoms with Crippen LogP contribution >= 0.6 is 0 Å². The fraction of sp³-hybridized carbons (Fsp3) is 0.938. The van der Waals surface area contributed by atoms with E-state index in [1.54, 1.807) is 0 Å². The molecule has 0 aliphatic carbocycles. The van der Waals surface area contributed by atoms with E-state index in [0.29, 0.717) is 0 Å². The number of hydrogen-bond donors (Lipinski definition) is 1. The minimum atomic E-state index is -0.0467. The van der Waals surface area contributed by atoms with Crippen LogP contribution in [0.1, 0.15) is 46.5 Å². The number of piperidine rings is 2. The van der Waals surface area contributed by atoms with Crippen molar-refractivity contribution < 1.29 is 9.90 Å². The first kappa shape index (κ1) is 15.8. The number of carbonyl (C=O) groups excluding carboxylic acids is 1. The molecule has 0 aromatic heterocycles. The summed E-state index contributed by atoms with van der Waals surface area (Å²) in [6.45, 7) is 10.3. The standard InChI is InChI=1S/C16H30N2O2/c1-13-5-9-17(10-6-13)15(20)14(2)18-8-4-7-16(3,11-18)12-19/h13-14,19H,4-12H2,1-3H3. The van der Waals surface area contributed by atoms with E-state index in [1.807, 2.05) is 11.8 Å². The maximum Gasteiger partial charge on any atom is 0.239 e. The molecule has 0 bridgehead atoms. The Balaban J connectivity index is 1.93. The van der Waals surface area contributed by atoms with Gasteiger partial charge in [-0.15, -0.1) is 0 Å². The highest BCUT2D eigenvalue weighted by Gasteiger charge is 2.35. The van der Waals surface area contributed by atoms with Crippen molar-refractivity contribution in [3.63, 3.8) is 0 Å². The van der Waals surface area contributed by atoms with Crippen molar-refractivity contribution in [1.29, 1.82) is 0 Å². The van der Waals surface area contributed by atoms with E-state index in [9.17, 15) is 9.90 Å². The average molecular weight is 282 g/mol. The molecular weight excluding hydrogens is 252 g/mol. The Kier molecular flexibility index (Phi) is 5.08. The molecule has 0 saturated carbocycles. The largest absolute Gasteiger partial charge is 0.396 e. The summed E-state index contributed by atoms with van der Waals surface area (Å²) in [7, 11) is 0. The Morgan fingerprint density at radius 3 is 2.60 bits per heavy atom. The maximum absolute atomic E-state index is 12.6. The van der Waals surface area contributed by atoms with Crippen molar-refractivity contribution >= 4 is 5.91 Å². The normalized spacial score (nSPS) is 31.3. The fourth-order valence-electron chi connectivity index (χ4n) is 3.47. The molecule has 2 saturated heterocycles. The van der Waals surface area contributed by atoms with Gasteiger partial charge in [0.25, 0.3) is 0 Å². The topological polar surface area (TPSA) is 43.8 Å². The summed E-state index contributed by atoms with van der Waals surface area (Å²) in [6, 6.07) is -0.0467. The molecule has 20 heavy (non-hydrogen) atoms. The monoisotopic (exact) mass is 282 g/mol. The van der Waals surface area contributed by atoms with Gasteiger partial charge in [0.05, 0.1) is 6.04 Å². The zero-order valence-corrected chi connectivity index (χ0v) is 13.3. The van der Waals surface area contributed by atoms with Crippen molar-refractivity contribution in [2.75, 3.05) is 32.8 Å². The molecule has 2 heterocycles. The lowest BCUT2D eigenvalue weighted by atomic mass is 9.82. The highest BCUT2D eigenvalue weighted by Crippen LogP contribution is 2.30. The molecule has 4 heteroatoms. The second-order valence-corrected chi connectivity index (χ2v) is 7.23. The van der Waals surface area contributed by atoms with Gasteiger partial charge in [-0.3, -0.25) is 9.69 Å². The first-order valence-corrected chi connectivity index (χ1v) is 8.09. The molecule has 2 atom stereocenters. The summed E-state index contributed by atoms with van der Waals surface area (Å²) in [5, 5.41) is 9.54. The zero-order valence-electron chi connectivity index (χ0n) is 13.3. The third kappa shape index (κ3) is 3.53. The van der Waals surface area contributed by atoms with Crippen molar-refractivity contribution in [2.45, 2.75) is 52.5 Å². The van der Waals surface area contributed by atoms with E-state index in [2.05, 4.69) is 18.7 Å². The van der Waals surface area contributed by atoms with Crippen molar-refractivity contribution in [1.82, 2.24) is 9.80 Å². The lowest BCUT2D eigenvalue weighted by molar-refractivity contribution is -0.139. The van der Waals surface area contributed by atoms with Crippen molar-refractivity contribution in [3.05, 3.63) is 0 Å². The van der Waals surface area contributed by atoms with E-state index in [0.717, 1.165) is 57.8 Å². The summed E-state index contributed by atoms with van der Waals surface area (Å²) in [5.41, 5.74) is -0.0385. The quantitative estimate of drug-likeness (QED) is 0.857. The van der Waals surface area contributed by atoms with E-state index >= 15 is 0 Å². The van der Waals surface area contributed by atoms with Gasteiger partial charge in [-0.25, -0.2) is 0 Å². The average Bonchev–Trinajstić information content (AvgIpc) is 2.46. The molecule has 0 aromatic rings. The molecule has 0 radical (unpaired) electrons. The molecule has 2 aliphatic heterocycles. The van der Waals surface area contributed by atoms with Crippen LogP contribution in [0, 0.1) is 11.3 Å². The smallest absolute Gasteiger partial charge is 0.239 e. The van der Waals surface area contributed by atoms with Crippen LogP contribution in [0.2, 0.25) is 0 Å². The molecule has 1 amide bonds. The summed E-state index contributed by atoms with van der Waals surface area (Å²) >= 11 is 0. The molecule has 2 aliphatic rings. The number of aliphatic hydroxyl groups is 1. The Morgan fingerprint density at radius 2 is 2.00 bits per heavy atom. The number of nitrogens with zero attached hydrogens (tertiary/aromatic N) is 2. The van der Waals surface area contributed by atoms with Gasteiger partial charge in [0.15, 0.2) is 0 Å². The maximum atomic E-state index is 12.6. The number of amides is 1. The molecule has 2 unspecified atom stereocenters. The fourth-order valence-corrected chi connectivity index (χ4v) is 3.47. The highest BCUT2D eigenvalue weighted by molar-refractivity contribution is 5.81. The first-order valence-electron chi connectivity index (χ1n) is 8.09. The van der Waals surface area contributed by atoms with Crippen LogP contribution in [0.25, 0.3) is 0 Å². The van der Waals surface area contributed by atoms with Crippen molar-refractivity contribution in [3.8, 4) is 0 Å². The molecule has 0 spiro atoms. The van der Waals surface area contributed by atoms with Crippen LogP contribution in [0.4, 0.5) is 0 Å². The Bertz CT molecular complexity index is 339. The van der Waals surface area contributed by atoms with E-state index < -0.39 is 0 Å². The van der Waals surface area contributed by atoms with Gasteiger partial charge < -0.3 is 10.0 Å². The number of carbonyl (C=O) groups is 1.